The van der Waals surface area contributed by atoms with E-state index in [1.54, 1.807) is 6.92 Å². The first-order valence-electron chi connectivity index (χ1n) is 9.30. The van der Waals surface area contributed by atoms with Gasteiger partial charge in [-0.3, -0.25) is 14.4 Å². The Bertz CT molecular complexity index is 752. The molecule has 0 aromatic carbocycles. The third-order valence-electron chi connectivity index (χ3n) is 3.78. The van der Waals surface area contributed by atoms with Gasteiger partial charge in [-0.25, -0.2) is 10.2 Å². The molecule has 1 heterocycles. The standard InChI is InChI=1S/C18H27N3O9S/c1-6-26-18(25)13(8(2)19)17(31)21-20-16-15(30-11(5)24)14(29-10(4)23)12(7-27-16)28-9(3)22/h12,14-16,20H,6-7,19H2,1-5H3,(H,21,31)/b13-8+/t12-,14?,15+,16+/m1/s1. The average molecular weight is 461 g/mol. The Labute approximate surface area is 184 Å². The number of ether oxygens (including phenoxy) is 5. The van der Waals surface area contributed by atoms with Gasteiger partial charge < -0.3 is 34.8 Å². The summed E-state index contributed by atoms with van der Waals surface area (Å²) in [5.74, 6) is -2.75. The van der Waals surface area contributed by atoms with E-state index in [0.29, 0.717) is 0 Å². The molecule has 0 spiro atoms. The maximum Gasteiger partial charge on any atom is 0.342 e. The summed E-state index contributed by atoms with van der Waals surface area (Å²) < 4.78 is 26.1. The van der Waals surface area contributed by atoms with Crippen molar-refractivity contribution in [3.8, 4) is 0 Å². The van der Waals surface area contributed by atoms with Crippen LogP contribution in [0.4, 0.5) is 0 Å². The van der Waals surface area contributed by atoms with E-state index in [4.69, 9.17) is 41.6 Å². The molecule has 1 aliphatic rings. The van der Waals surface area contributed by atoms with Gasteiger partial charge in [0.15, 0.2) is 24.5 Å². The maximum atomic E-state index is 12.1. The van der Waals surface area contributed by atoms with Gasteiger partial charge in [-0.1, -0.05) is 12.2 Å². The normalized spacial score (nSPS) is 23.6. The SMILES string of the molecule is CCOC(=O)/C(C(=S)NN[C@H]1OC[C@@H](OC(C)=O)C(OC(C)=O)[C@@H]1OC(C)=O)=C(\C)N. The van der Waals surface area contributed by atoms with Crippen molar-refractivity contribution >= 4 is 41.1 Å². The molecule has 1 unspecified atom stereocenters. The highest BCUT2D eigenvalue weighted by atomic mass is 32.1. The summed E-state index contributed by atoms with van der Waals surface area (Å²) in [6.45, 7) is 6.51. The molecule has 0 aromatic heterocycles. The van der Waals surface area contributed by atoms with E-state index in [2.05, 4.69) is 10.9 Å². The van der Waals surface area contributed by atoms with Crippen LogP contribution in [0.25, 0.3) is 0 Å². The second kappa shape index (κ2) is 12.2. The number of hydrogen-bond acceptors (Lipinski definition) is 12. The molecule has 1 rings (SSSR count). The number of esters is 4. The van der Waals surface area contributed by atoms with Crippen LogP contribution in [0, 0.1) is 0 Å². The lowest BCUT2D eigenvalue weighted by atomic mass is 10.0. The first kappa shape index (κ1) is 26.3. The van der Waals surface area contributed by atoms with Gasteiger partial charge in [0.05, 0.1) is 13.2 Å². The lowest BCUT2D eigenvalue weighted by Gasteiger charge is -2.40. The van der Waals surface area contributed by atoms with Crippen LogP contribution >= 0.6 is 12.2 Å². The van der Waals surface area contributed by atoms with Crippen LogP contribution in [0.5, 0.6) is 0 Å². The topological polar surface area (TPSA) is 165 Å². The number of hydrogen-bond donors (Lipinski definition) is 3. The molecule has 0 aliphatic carbocycles. The predicted octanol–water partition coefficient (Wildman–Crippen LogP) is -0.645. The molecule has 174 valence electrons. The minimum Gasteiger partial charge on any atom is -0.462 e. The Morgan fingerprint density at radius 2 is 1.55 bits per heavy atom. The molecule has 12 nitrogen and oxygen atoms in total. The second-order valence-corrected chi connectivity index (χ2v) is 6.84. The van der Waals surface area contributed by atoms with Crippen molar-refractivity contribution in [1.82, 2.24) is 10.9 Å². The summed E-state index contributed by atoms with van der Waals surface area (Å²) in [4.78, 5) is 46.6. The van der Waals surface area contributed by atoms with Gasteiger partial charge in [0, 0.05) is 26.5 Å². The third-order valence-corrected chi connectivity index (χ3v) is 4.09. The molecule has 4 atom stereocenters. The molecular formula is C18H27N3O9S. The molecule has 0 bridgehead atoms. The highest BCUT2D eigenvalue weighted by Crippen LogP contribution is 2.23. The van der Waals surface area contributed by atoms with Crippen LogP contribution in [0.3, 0.4) is 0 Å². The summed E-state index contributed by atoms with van der Waals surface area (Å²) in [7, 11) is 0. The molecular weight excluding hydrogens is 434 g/mol. The van der Waals surface area contributed by atoms with Crippen molar-refractivity contribution in [2.75, 3.05) is 13.2 Å². The van der Waals surface area contributed by atoms with Gasteiger partial charge in [0.2, 0.25) is 0 Å². The molecule has 1 aliphatic heterocycles. The number of carbonyl (C=O) groups excluding carboxylic acids is 4. The molecule has 1 fully saturated rings. The zero-order valence-electron chi connectivity index (χ0n) is 17.9. The first-order valence-corrected chi connectivity index (χ1v) is 9.71. The monoisotopic (exact) mass is 461 g/mol. The molecule has 0 radical (unpaired) electrons. The van der Waals surface area contributed by atoms with Gasteiger partial charge in [-0.05, 0) is 13.8 Å². The zero-order valence-corrected chi connectivity index (χ0v) is 18.7. The van der Waals surface area contributed by atoms with Gasteiger partial charge >= 0.3 is 23.9 Å². The fourth-order valence-corrected chi connectivity index (χ4v) is 3.00. The van der Waals surface area contributed by atoms with Crippen LogP contribution in [0.2, 0.25) is 0 Å². The lowest BCUT2D eigenvalue weighted by molar-refractivity contribution is -0.231. The molecule has 13 heteroatoms. The summed E-state index contributed by atoms with van der Waals surface area (Å²) in [5, 5.41) is 0. The fourth-order valence-electron chi connectivity index (χ4n) is 2.70. The highest BCUT2D eigenvalue weighted by molar-refractivity contribution is 7.80. The summed E-state index contributed by atoms with van der Waals surface area (Å²) in [6.07, 6.45) is -4.50. The minimum atomic E-state index is -1.22. The largest absolute Gasteiger partial charge is 0.462 e. The van der Waals surface area contributed by atoms with E-state index >= 15 is 0 Å². The minimum absolute atomic E-state index is 0.0708. The number of hydrazine groups is 1. The quantitative estimate of drug-likeness (QED) is 0.137. The van der Waals surface area contributed by atoms with Crippen molar-refractivity contribution < 1.29 is 42.9 Å². The van der Waals surface area contributed by atoms with Gasteiger partial charge in [-0.15, -0.1) is 0 Å². The Hall–Kier alpha value is -2.77. The van der Waals surface area contributed by atoms with Crippen LogP contribution in [-0.2, 0) is 42.9 Å². The molecule has 4 N–H and O–H groups in total. The summed E-state index contributed by atoms with van der Waals surface area (Å²) in [6, 6.07) is 0. The Morgan fingerprint density at radius 1 is 1.00 bits per heavy atom. The number of allylic oxidation sites excluding steroid dienone is 1. The van der Waals surface area contributed by atoms with Crippen LogP contribution in [-0.4, -0.2) is 66.6 Å². The zero-order chi connectivity index (χ0) is 23.7. The van der Waals surface area contributed by atoms with Crippen molar-refractivity contribution in [3.63, 3.8) is 0 Å². The Balaban J connectivity index is 3.05. The number of thiocarbonyl (C=S) groups is 1. The van der Waals surface area contributed by atoms with Gasteiger partial charge in [0.1, 0.15) is 10.6 Å². The van der Waals surface area contributed by atoms with Crippen LogP contribution in [0.15, 0.2) is 11.3 Å². The predicted molar refractivity (Wildman–Crippen MR) is 109 cm³/mol. The van der Waals surface area contributed by atoms with E-state index in [0.717, 1.165) is 13.8 Å². The molecule has 0 saturated carbocycles. The molecule has 0 aromatic rings. The van der Waals surface area contributed by atoms with E-state index in [1.807, 2.05) is 0 Å². The summed E-state index contributed by atoms with van der Waals surface area (Å²) >= 11 is 5.19. The number of nitrogens with two attached hydrogens (primary N) is 1. The van der Waals surface area contributed by atoms with E-state index in [9.17, 15) is 19.2 Å². The lowest BCUT2D eigenvalue weighted by Crippen LogP contribution is -2.64. The third kappa shape index (κ3) is 8.11. The van der Waals surface area contributed by atoms with Gasteiger partial charge in [-0.2, -0.15) is 0 Å². The van der Waals surface area contributed by atoms with Gasteiger partial charge in [0.25, 0.3) is 0 Å². The Kier molecular flexibility index (Phi) is 10.3. The van der Waals surface area contributed by atoms with E-state index < -0.39 is 48.4 Å². The molecule has 1 saturated heterocycles. The fraction of sp³-hybridized carbons (Fsp3) is 0.611. The number of rotatable bonds is 8. The first-order chi connectivity index (χ1) is 14.5. The van der Waals surface area contributed by atoms with Crippen LogP contribution < -0.4 is 16.6 Å². The average Bonchev–Trinajstić information content (AvgIpc) is 2.62. The van der Waals surface area contributed by atoms with Crippen molar-refractivity contribution in [1.29, 1.82) is 0 Å². The summed E-state index contributed by atoms with van der Waals surface area (Å²) in [5.41, 5.74) is 11.0. The second-order valence-electron chi connectivity index (χ2n) is 6.43. The number of carbonyl (C=O) groups is 4. The van der Waals surface area contributed by atoms with Crippen molar-refractivity contribution in [2.45, 2.75) is 59.2 Å². The van der Waals surface area contributed by atoms with E-state index in [-0.39, 0.29) is 29.5 Å². The molecule has 31 heavy (non-hydrogen) atoms. The van der Waals surface area contributed by atoms with Crippen molar-refractivity contribution in [3.05, 3.63) is 11.3 Å². The number of nitrogens with one attached hydrogen (secondary N) is 2. The molecule has 0 amide bonds. The maximum absolute atomic E-state index is 12.1. The van der Waals surface area contributed by atoms with Crippen molar-refractivity contribution in [2.24, 2.45) is 5.73 Å². The van der Waals surface area contributed by atoms with Crippen LogP contribution in [0.1, 0.15) is 34.6 Å². The smallest absolute Gasteiger partial charge is 0.342 e. The highest BCUT2D eigenvalue weighted by Gasteiger charge is 2.47. The van der Waals surface area contributed by atoms with E-state index in [1.165, 1.54) is 13.8 Å². The Morgan fingerprint density at radius 3 is 2.03 bits per heavy atom.